The number of hydrogen-bond donors (Lipinski definition) is 0. The van der Waals surface area contributed by atoms with E-state index in [2.05, 4.69) is 45.2 Å². The Hall–Kier alpha value is -1.66. The Labute approximate surface area is 202 Å². The second-order valence-electron chi connectivity index (χ2n) is 8.51. The SMILES string of the molecule is C=CC[C@@H]1CCCC[C@H]1Sc1ncccn1.C=CC[C@H]1CCCC[C@@H]1Sc1ncccn1. The highest BCUT2D eigenvalue weighted by Crippen LogP contribution is 2.38. The van der Waals surface area contributed by atoms with E-state index in [4.69, 9.17) is 0 Å². The minimum atomic E-state index is 0.675. The fourth-order valence-electron chi connectivity index (χ4n) is 4.59. The van der Waals surface area contributed by atoms with E-state index in [0.717, 1.165) is 35.0 Å². The molecule has 2 saturated carbocycles. The van der Waals surface area contributed by atoms with Gasteiger partial charge in [-0.2, -0.15) is 0 Å². The molecule has 4 nitrogen and oxygen atoms in total. The highest BCUT2D eigenvalue weighted by molar-refractivity contribution is 8.00. The summed E-state index contributed by atoms with van der Waals surface area (Å²) in [7, 11) is 0. The van der Waals surface area contributed by atoms with Crippen molar-refractivity contribution in [2.75, 3.05) is 0 Å². The van der Waals surface area contributed by atoms with Gasteiger partial charge in [-0.05, 0) is 62.5 Å². The molecule has 2 aromatic heterocycles. The van der Waals surface area contributed by atoms with Gasteiger partial charge < -0.3 is 0 Å². The van der Waals surface area contributed by atoms with Crippen LogP contribution in [-0.4, -0.2) is 30.4 Å². The quantitative estimate of drug-likeness (QED) is 0.297. The predicted octanol–water partition coefficient (Wildman–Crippen LogP) is 7.41. The largest absolute Gasteiger partial charge is 0.231 e. The Balaban J connectivity index is 0.000000181. The summed E-state index contributed by atoms with van der Waals surface area (Å²) >= 11 is 3.69. The maximum absolute atomic E-state index is 4.29. The van der Waals surface area contributed by atoms with Gasteiger partial charge in [0.2, 0.25) is 0 Å². The topological polar surface area (TPSA) is 51.6 Å². The Morgan fingerprint density at radius 1 is 0.656 bits per heavy atom. The minimum absolute atomic E-state index is 0.675. The van der Waals surface area contributed by atoms with Gasteiger partial charge in [-0.3, -0.25) is 0 Å². The van der Waals surface area contributed by atoms with Crippen molar-refractivity contribution < 1.29 is 0 Å². The smallest absolute Gasteiger partial charge is 0.187 e. The molecule has 0 saturated heterocycles. The number of allylic oxidation sites excluding steroid dienone is 2. The van der Waals surface area contributed by atoms with Crippen LogP contribution in [0, 0.1) is 11.8 Å². The standard InChI is InChI=1S/2C13H18N2S/c2*1-2-6-11-7-3-4-8-12(11)16-13-14-9-5-10-15-13/h2*2,5,9-12H,1,3-4,6-8H2/t2*11-,12-/m10/s1. The van der Waals surface area contributed by atoms with Crippen molar-refractivity contribution in [3.8, 4) is 0 Å². The predicted molar refractivity (Wildman–Crippen MR) is 137 cm³/mol. The average molecular weight is 469 g/mol. The summed E-state index contributed by atoms with van der Waals surface area (Å²) in [5.74, 6) is 1.53. The van der Waals surface area contributed by atoms with Crippen LogP contribution in [0.25, 0.3) is 0 Å². The van der Waals surface area contributed by atoms with Gasteiger partial charge in [0.15, 0.2) is 10.3 Å². The molecule has 4 atom stereocenters. The van der Waals surface area contributed by atoms with E-state index >= 15 is 0 Å². The molecule has 0 radical (unpaired) electrons. The van der Waals surface area contributed by atoms with Gasteiger partial charge in [-0.25, -0.2) is 19.9 Å². The van der Waals surface area contributed by atoms with Crippen LogP contribution in [0.2, 0.25) is 0 Å². The summed E-state index contributed by atoms with van der Waals surface area (Å²) in [5.41, 5.74) is 0. The fraction of sp³-hybridized carbons (Fsp3) is 0.538. The molecule has 4 rings (SSSR count). The molecule has 0 N–H and O–H groups in total. The molecule has 2 fully saturated rings. The number of aromatic nitrogens is 4. The zero-order chi connectivity index (χ0) is 22.4. The molecular formula is C26H36N4S2. The summed E-state index contributed by atoms with van der Waals surface area (Å²) in [6, 6.07) is 3.73. The number of thioether (sulfide) groups is 2. The van der Waals surface area contributed by atoms with Crippen molar-refractivity contribution in [3.63, 3.8) is 0 Å². The van der Waals surface area contributed by atoms with Gasteiger partial charge in [0, 0.05) is 35.3 Å². The lowest BCUT2D eigenvalue weighted by atomic mass is 9.86. The molecule has 2 aromatic rings. The maximum Gasteiger partial charge on any atom is 0.187 e. The van der Waals surface area contributed by atoms with Crippen LogP contribution < -0.4 is 0 Å². The molecule has 172 valence electrons. The second kappa shape index (κ2) is 14.5. The van der Waals surface area contributed by atoms with E-state index in [1.165, 1.54) is 51.4 Å². The molecule has 2 aliphatic rings. The third-order valence-corrected chi connectivity index (χ3v) is 8.91. The molecule has 0 aliphatic heterocycles. The monoisotopic (exact) mass is 468 g/mol. The van der Waals surface area contributed by atoms with Gasteiger partial charge in [-0.15, -0.1) is 13.2 Å². The van der Waals surface area contributed by atoms with Gasteiger partial charge >= 0.3 is 0 Å². The van der Waals surface area contributed by atoms with E-state index in [0.29, 0.717) is 10.5 Å². The van der Waals surface area contributed by atoms with E-state index in [9.17, 15) is 0 Å². The minimum Gasteiger partial charge on any atom is -0.231 e. The van der Waals surface area contributed by atoms with Crippen LogP contribution in [0.4, 0.5) is 0 Å². The molecule has 6 heteroatoms. The molecule has 0 unspecified atom stereocenters. The van der Waals surface area contributed by atoms with Gasteiger partial charge in [-0.1, -0.05) is 61.4 Å². The molecule has 2 aliphatic carbocycles. The van der Waals surface area contributed by atoms with Crippen molar-refractivity contribution in [1.82, 2.24) is 19.9 Å². The van der Waals surface area contributed by atoms with Crippen molar-refractivity contribution in [2.24, 2.45) is 11.8 Å². The van der Waals surface area contributed by atoms with Crippen molar-refractivity contribution in [2.45, 2.75) is 85.0 Å². The summed E-state index contributed by atoms with van der Waals surface area (Å²) in [5, 5.41) is 3.19. The average Bonchev–Trinajstić information content (AvgIpc) is 2.84. The molecule has 32 heavy (non-hydrogen) atoms. The van der Waals surface area contributed by atoms with E-state index in [-0.39, 0.29) is 0 Å². The zero-order valence-corrected chi connectivity index (χ0v) is 20.7. The van der Waals surface area contributed by atoms with Crippen LogP contribution in [0.1, 0.15) is 64.2 Å². The Morgan fingerprint density at radius 2 is 1.03 bits per heavy atom. The number of hydrogen-bond acceptors (Lipinski definition) is 6. The van der Waals surface area contributed by atoms with E-state index in [1.54, 1.807) is 0 Å². The summed E-state index contributed by atoms with van der Waals surface area (Å²) in [6.45, 7) is 7.71. The van der Waals surface area contributed by atoms with E-state index in [1.807, 2.05) is 60.4 Å². The normalized spacial score (nSPS) is 25.2. The summed E-state index contributed by atoms with van der Waals surface area (Å²) < 4.78 is 0. The lowest BCUT2D eigenvalue weighted by Gasteiger charge is -2.29. The van der Waals surface area contributed by atoms with Crippen molar-refractivity contribution in [1.29, 1.82) is 0 Å². The van der Waals surface area contributed by atoms with Crippen LogP contribution in [0.5, 0.6) is 0 Å². The molecule has 2 heterocycles. The Morgan fingerprint density at radius 3 is 1.41 bits per heavy atom. The first kappa shape index (κ1) is 25.0. The molecule has 0 aromatic carbocycles. The van der Waals surface area contributed by atoms with Crippen LogP contribution >= 0.6 is 23.5 Å². The number of nitrogens with zero attached hydrogens (tertiary/aromatic N) is 4. The van der Waals surface area contributed by atoms with E-state index < -0.39 is 0 Å². The Kier molecular flexibility index (Phi) is 11.3. The lowest BCUT2D eigenvalue weighted by molar-refractivity contribution is 0.373. The van der Waals surface area contributed by atoms with Crippen LogP contribution in [0.15, 0.2) is 72.5 Å². The van der Waals surface area contributed by atoms with Gasteiger partial charge in [0.05, 0.1) is 0 Å². The third kappa shape index (κ3) is 8.36. The highest BCUT2D eigenvalue weighted by atomic mass is 32.2. The highest BCUT2D eigenvalue weighted by Gasteiger charge is 2.26. The number of rotatable bonds is 8. The molecule has 0 bridgehead atoms. The zero-order valence-electron chi connectivity index (χ0n) is 19.0. The van der Waals surface area contributed by atoms with Crippen molar-refractivity contribution >= 4 is 23.5 Å². The third-order valence-electron chi connectivity index (χ3n) is 6.22. The summed E-state index contributed by atoms with van der Waals surface area (Å²) in [6.07, 6.45) is 24.3. The maximum atomic E-state index is 4.29. The fourth-order valence-corrected chi connectivity index (χ4v) is 7.07. The first-order chi connectivity index (χ1) is 15.8. The summed E-state index contributed by atoms with van der Waals surface area (Å²) in [4.78, 5) is 17.2. The van der Waals surface area contributed by atoms with Crippen LogP contribution in [-0.2, 0) is 0 Å². The second-order valence-corrected chi connectivity index (χ2v) is 10.9. The molecule has 0 amide bonds. The lowest BCUT2D eigenvalue weighted by Crippen LogP contribution is -2.21. The Bertz CT molecular complexity index is 719. The molecule has 0 spiro atoms. The van der Waals surface area contributed by atoms with Gasteiger partial charge in [0.25, 0.3) is 0 Å². The molecular weight excluding hydrogens is 432 g/mol. The van der Waals surface area contributed by atoms with Crippen molar-refractivity contribution in [3.05, 3.63) is 62.2 Å². The van der Waals surface area contributed by atoms with Crippen LogP contribution in [0.3, 0.4) is 0 Å². The van der Waals surface area contributed by atoms with Gasteiger partial charge in [0.1, 0.15) is 0 Å². The first-order valence-corrected chi connectivity index (χ1v) is 13.6. The first-order valence-electron chi connectivity index (χ1n) is 11.9.